The van der Waals surface area contributed by atoms with Crippen molar-refractivity contribution in [2.45, 2.75) is 35.1 Å². The summed E-state index contributed by atoms with van der Waals surface area (Å²) in [6.07, 6.45) is -5.96. The monoisotopic (exact) mass is 524 g/mol. The Kier molecular flexibility index (Phi) is 6.57. The van der Waals surface area contributed by atoms with Crippen LogP contribution >= 0.6 is 0 Å². The largest absolute Gasteiger partial charge is 0.416 e. The number of ether oxygens (including phenoxy) is 2. The summed E-state index contributed by atoms with van der Waals surface area (Å²) in [5, 5.41) is -4.76. The fraction of sp³-hybridized carbons (Fsp3) is 0.231. The minimum atomic E-state index is -5.46. The van der Waals surface area contributed by atoms with Gasteiger partial charge in [0.15, 0.2) is 0 Å². The maximum absolute atomic E-state index is 16.3. The zero-order valence-corrected chi connectivity index (χ0v) is 19.7. The molecule has 1 fully saturated rings. The highest BCUT2D eigenvalue weighted by Gasteiger charge is 2.68. The van der Waals surface area contributed by atoms with E-state index in [9.17, 15) is 21.6 Å². The molecule has 190 valence electrons. The number of rotatable bonds is 5. The van der Waals surface area contributed by atoms with E-state index in [-0.39, 0.29) is 5.57 Å². The SMILES string of the molecule is C=C1CO[C@@](c2ccc(C(F)(F)F)cc2)(C(F)(F)S(=O)(=O)c2ccc(C)cc2)O[C@H]1c1ccccc1. The molecule has 1 saturated heterocycles. The molecule has 4 nitrogen and oxygen atoms in total. The summed E-state index contributed by atoms with van der Waals surface area (Å²) in [5.74, 6) is -3.28. The highest BCUT2D eigenvalue weighted by molar-refractivity contribution is 7.92. The van der Waals surface area contributed by atoms with Crippen LogP contribution in [-0.2, 0) is 31.3 Å². The van der Waals surface area contributed by atoms with Gasteiger partial charge in [-0.3, -0.25) is 0 Å². The number of hydrogen-bond acceptors (Lipinski definition) is 4. The smallest absolute Gasteiger partial charge is 0.336 e. The van der Waals surface area contributed by atoms with Gasteiger partial charge in [-0.15, -0.1) is 0 Å². The Morgan fingerprint density at radius 1 is 0.889 bits per heavy atom. The van der Waals surface area contributed by atoms with Gasteiger partial charge in [0.1, 0.15) is 6.10 Å². The minimum Gasteiger partial charge on any atom is -0.336 e. The second kappa shape index (κ2) is 9.10. The molecule has 4 rings (SSSR count). The topological polar surface area (TPSA) is 52.6 Å². The minimum absolute atomic E-state index is 0.229. The molecule has 0 spiro atoms. The molecule has 0 aliphatic carbocycles. The Balaban J connectivity index is 1.91. The molecular weight excluding hydrogens is 503 g/mol. The van der Waals surface area contributed by atoms with Crippen molar-refractivity contribution in [3.8, 4) is 0 Å². The van der Waals surface area contributed by atoms with E-state index in [4.69, 9.17) is 9.47 Å². The lowest BCUT2D eigenvalue weighted by Crippen LogP contribution is -2.57. The van der Waals surface area contributed by atoms with Crippen molar-refractivity contribution in [2.24, 2.45) is 0 Å². The first kappa shape index (κ1) is 26.0. The van der Waals surface area contributed by atoms with E-state index >= 15 is 8.78 Å². The zero-order valence-electron chi connectivity index (χ0n) is 18.9. The summed E-state index contributed by atoms with van der Waals surface area (Å²) >= 11 is 0. The zero-order chi connectivity index (χ0) is 26.4. The fourth-order valence-corrected chi connectivity index (χ4v) is 5.25. The lowest BCUT2D eigenvalue weighted by Gasteiger charge is -2.45. The van der Waals surface area contributed by atoms with Crippen molar-refractivity contribution >= 4 is 9.84 Å². The van der Waals surface area contributed by atoms with E-state index in [0.29, 0.717) is 23.3 Å². The van der Waals surface area contributed by atoms with Crippen molar-refractivity contribution in [3.63, 3.8) is 0 Å². The van der Waals surface area contributed by atoms with Crippen molar-refractivity contribution in [1.29, 1.82) is 0 Å². The van der Waals surface area contributed by atoms with Crippen molar-refractivity contribution < 1.29 is 39.8 Å². The molecule has 0 bridgehead atoms. The van der Waals surface area contributed by atoms with Gasteiger partial charge in [0.2, 0.25) is 9.84 Å². The van der Waals surface area contributed by atoms with Gasteiger partial charge in [-0.25, -0.2) is 8.42 Å². The van der Waals surface area contributed by atoms with Crippen molar-refractivity contribution in [1.82, 2.24) is 0 Å². The Labute approximate surface area is 204 Å². The summed E-state index contributed by atoms with van der Waals surface area (Å²) in [7, 11) is -5.46. The predicted molar refractivity (Wildman–Crippen MR) is 122 cm³/mol. The Morgan fingerprint density at radius 3 is 2.03 bits per heavy atom. The van der Waals surface area contributed by atoms with Crippen LogP contribution in [0.1, 0.15) is 28.4 Å². The molecule has 1 aliphatic rings. The summed E-state index contributed by atoms with van der Waals surface area (Å²) in [4.78, 5) is -0.697. The number of halogens is 5. The van der Waals surface area contributed by atoms with Gasteiger partial charge in [0.05, 0.1) is 17.1 Å². The maximum Gasteiger partial charge on any atom is 0.416 e. The molecule has 0 amide bonds. The summed E-state index contributed by atoms with van der Waals surface area (Å²) < 4.78 is 110. The lowest BCUT2D eigenvalue weighted by molar-refractivity contribution is -0.349. The van der Waals surface area contributed by atoms with Gasteiger partial charge in [0, 0.05) is 5.56 Å². The van der Waals surface area contributed by atoms with Crippen molar-refractivity contribution in [3.05, 3.63) is 113 Å². The van der Waals surface area contributed by atoms with Crippen LogP contribution in [0.15, 0.2) is 95.9 Å². The van der Waals surface area contributed by atoms with Crippen LogP contribution in [0.3, 0.4) is 0 Å². The Morgan fingerprint density at radius 2 is 1.47 bits per heavy atom. The quantitative estimate of drug-likeness (QED) is 0.280. The van der Waals surface area contributed by atoms with Crippen LogP contribution in [0, 0.1) is 6.92 Å². The molecule has 3 aromatic rings. The van der Waals surface area contributed by atoms with Crippen LogP contribution < -0.4 is 0 Å². The fourth-order valence-electron chi connectivity index (χ4n) is 3.88. The van der Waals surface area contributed by atoms with Gasteiger partial charge < -0.3 is 9.47 Å². The molecular formula is C26H21F5O4S. The first-order chi connectivity index (χ1) is 16.8. The average molecular weight is 525 g/mol. The standard InChI is InChI=1S/C26H21F5O4S/c1-17-8-14-22(15-9-17)36(32,33)26(30,31)24(20-10-12-21(13-11-20)25(27,28)29)34-16-18(2)23(35-24)19-6-4-3-5-7-19/h3-15,23H,2,16H2,1H3/t23-,24-/m1/s1. The second-order valence-corrected chi connectivity index (χ2v) is 10.4. The summed E-state index contributed by atoms with van der Waals surface area (Å²) in [5.41, 5.74) is -0.436. The summed E-state index contributed by atoms with van der Waals surface area (Å²) in [6.45, 7) is 4.92. The molecule has 0 unspecified atom stereocenters. The van der Waals surface area contributed by atoms with Gasteiger partial charge in [-0.2, -0.15) is 22.0 Å². The number of sulfone groups is 1. The first-order valence-corrected chi connectivity index (χ1v) is 12.2. The third-order valence-corrected chi connectivity index (χ3v) is 7.70. The number of benzene rings is 3. The molecule has 2 atom stereocenters. The molecule has 0 saturated carbocycles. The van der Waals surface area contributed by atoms with E-state index in [2.05, 4.69) is 6.58 Å². The molecule has 1 aliphatic heterocycles. The second-order valence-electron chi connectivity index (χ2n) is 8.38. The van der Waals surface area contributed by atoms with E-state index in [1.54, 1.807) is 37.3 Å². The normalized spacial score (nSPS) is 21.4. The van der Waals surface area contributed by atoms with Gasteiger partial charge in [0.25, 0.3) is 5.79 Å². The van der Waals surface area contributed by atoms with Crippen LogP contribution in [-0.4, -0.2) is 20.3 Å². The van der Waals surface area contributed by atoms with Gasteiger partial charge >= 0.3 is 11.4 Å². The molecule has 0 N–H and O–H groups in total. The summed E-state index contributed by atoms with van der Waals surface area (Å²) in [6, 6.07) is 15.4. The van der Waals surface area contributed by atoms with Gasteiger partial charge in [-0.05, 0) is 42.3 Å². The molecule has 1 heterocycles. The number of hydrogen-bond donors (Lipinski definition) is 0. The van der Waals surface area contributed by atoms with Crippen LogP contribution in [0.4, 0.5) is 22.0 Å². The lowest BCUT2D eigenvalue weighted by atomic mass is 9.97. The molecule has 3 aromatic carbocycles. The van der Waals surface area contributed by atoms with E-state index < -0.39 is 55.8 Å². The van der Waals surface area contributed by atoms with Crippen LogP contribution in [0.2, 0.25) is 0 Å². The maximum atomic E-state index is 16.3. The molecule has 10 heteroatoms. The first-order valence-electron chi connectivity index (χ1n) is 10.7. The average Bonchev–Trinajstić information content (AvgIpc) is 2.84. The van der Waals surface area contributed by atoms with Crippen molar-refractivity contribution in [2.75, 3.05) is 6.61 Å². The molecule has 0 aromatic heterocycles. The number of aryl methyl sites for hydroxylation is 1. The Hall–Kier alpha value is -3.08. The van der Waals surface area contributed by atoms with Crippen LogP contribution in [0.5, 0.6) is 0 Å². The highest BCUT2D eigenvalue weighted by atomic mass is 32.2. The Bertz CT molecular complexity index is 1350. The van der Waals surface area contributed by atoms with E-state index in [1.165, 1.54) is 12.1 Å². The molecule has 36 heavy (non-hydrogen) atoms. The van der Waals surface area contributed by atoms with Crippen LogP contribution in [0.25, 0.3) is 0 Å². The third kappa shape index (κ3) is 4.33. The highest BCUT2D eigenvalue weighted by Crippen LogP contribution is 2.53. The van der Waals surface area contributed by atoms with E-state index in [0.717, 1.165) is 24.3 Å². The van der Waals surface area contributed by atoms with Gasteiger partial charge in [-0.1, -0.05) is 66.7 Å². The predicted octanol–water partition coefficient (Wildman–Crippen LogP) is 6.58. The van der Waals surface area contributed by atoms with E-state index in [1.807, 2.05) is 0 Å². The third-order valence-electron chi connectivity index (χ3n) is 5.86. The molecule has 0 radical (unpaired) electrons. The number of alkyl halides is 5.